The molecule has 4 nitrogen and oxygen atoms in total. The highest BCUT2D eigenvalue weighted by molar-refractivity contribution is 5.64. The standard InChI is InChI=1S/C10H9N3O/c1-2-14-10-8(7-11)9-5-3-4-6-13(9)12-10/h3-6H,2H2,1H3. The molecule has 0 saturated heterocycles. The molecule has 0 spiro atoms. The zero-order valence-corrected chi connectivity index (χ0v) is 7.77. The first-order valence-electron chi connectivity index (χ1n) is 4.37. The zero-order valence-electron chi connectivity index (χ0n) is 7.77. The molecule has 2 rings (SSSR count). The van der Waals surface area contributed by atoms with Gasteiger partial charge in [-0.2, -0.15) is 5.26 Å². The second-order valence-corrected chi connectivity index (χ2v) is 2.76. The number of pyridine rings is 1. The number of nitriles is 1. The highest BCUT2D eigenvalue weighted by Crippen LogP contribution is 2.20. The Balaban J connectivity index is 2.68. The molecular weight excluding hydrogens is 178 g/mol. The fourth-order valence-electron chi connectivity index (χ4n) is 1.32. The van der Waals surface area contributed by atoms with E-state index in [1.165, 1.54) is 0 Å². The van der Waals surface area contributed by atoms with Crippen LogP contribution < -0.4 is 4.74 Å². The van der Waals surface area contributed by atoms with Crippen molar-refractivity contribution >= 4 is 5.52 Å². The molecule has 2 aromatic rings. The van der Waals surface area contributed by atoms with Gasteiger partial charge in [-0.1, -0.05) is 6.07 Å². The van der Waals surface area contributed by atoms with Crippen molar-refractivity contribution < 1.29 is 4.74 Å². The molecule has 0 N–H and O–H groups in total. The minimum Gasteiger partial charge on any atom is -0.476 e. The second-order valence-electron chi connectivity index (χ2n) is 2.76. The van der Waals surface area contributed by atoms with Gasteiger partial charge in [0, 0.05) is 6.20 Å². The van der Waals surface area contributed by atoms with Crippen molar-refractivity contribution in [3.8, 4) is 11.9 Å². The van der Waals surface area contributed by atoms with Gasteiger partial charge in [0.1, 0.15) is 11.6 Å². The van der Waals surface area contributed by atoms with Gasteiger partial charge in [0.15, 0.2) is 0 Å². The van der Waals surface area contributed by atoms with Crippen molar-refractivity contribution in [2.75, 3.05) is 6.61 Å². The number of rotatable bonds is 2. The molecule has 14 heavy (non-hydrogen) atoms. The SMILES string of the molecule is CCOc1nn2ccccc2c1C#N. The third-order valence-electron chi connectivity index (χ3n) is 1.90. The largest absolute Gasteiger partial charge is 0.476 e. The summed E-state index contributed by atoms with van der Waals surface area (Å²) in [6.07, 6.45) is 1.79. The van der Waals surface area contributed by atoms with Crippen LogP contribution in [0.2, 0.25) is 0 Å². The fraction of sp³-hybridized carbons (Fsp3) is 0.200. The first-order valence-corrected chi connectivity index (χ1v) is 4.37. The van der Waals surface area contributed by atoms with Gasteiger partial charge in [-0.05, 0) is 19.1 Å². The van der Waals surface area contributed by atoms with Crippen LogP contribution in [0.25, 0.3) is 5.52 Å². The first-order chi connectivity index (χ1) is 6.86. The number of fused-ring (bicyclic) bond motifs is 1. The number of hydrogen-bond acceptors (Lipinski definition) is 3. The van der Waals surface area contributed by atoms with Gasteiger partial charge in [0.2, 0.25) is 0 Å². The minimum absolute atomic E-state index is 0.404. The van der Waals surface area contributed by atoms with Gasteiger partial charge in [-0.15, -0.1) is 5.10 Å². The van der Waals surface area contributed by atoms with Gasteiger partial charge in [0.05, 0.1) is 12.1 Å². The topological polar surface area (TPSA) is 50.3 Å². The number of nitrogens with zero attached hydrogens (tertiary/aromatic N) is 3. The van der Waals surface area contributed by atoms with Crippen molar-refractivity contribution in [2.24, 2.45) is 0 Å². The lowest BCUT2D eigenvalue weighted by Gasteiger charge is -1.95. The van der Waals surface area contributed by atoms with Crippen LogP contribution in [-0.2, 0) is 0 Å². The molecule has 70 valence electrons. The van der Waals surface area contributed by atoms with Crippen LogP contribution in [0, 0.1) is 11.3 Å². The van der Waals surface area contributed by atoms with E-state index in [4.69, 9.17) is 10.00 Å². The fourth-order valence-corrected chi connectivity index (χ4v) is 1.32. The molecule has 0 radical (unpaired) electrons. The molecule has 0 aliphatic carbocycles. The number of aromatic nitrogens is 2. The summed E-state index contributed by atoms with van der Waals surface area (Å²) in [4.78, 5) is 0. The summed E-state index contributed by atoms with van der Waals surface area (Å²) in [5.41, 5.74) is 1.27. The van der Waals surface area contributed by atoms with Crippen LogP contribution in [0.5, 0.6) is 5.88 Å². The van der Waals surface area contributed by atoms with E-state index in [1.807, 2.05) is 25.1 Å². The third-order valence-corrected chi connectivity index (χ3v) is 1.90. The molecule has 0 aliphatic heterocycles. The van der Waals surface area contributed by atoms with Gasteiger partial charge >= 0.3 is 0 Å². The van der Waals surface area contributed by atoms with E-state index in [-0.39, 0.29) is 0 Å². The molecule has 0 aliphatic rings. The van der Waals surface area contributed by atoms with E-state index in [2.05, 4.69) is 11.2 Å². The van der Waals surface area contributed by atoms with Gasteiger partial charge in [-0.25, -0.2) is 4.52 Å². The third kappa shape index (κ3) is 1.19. The lowest BCUT2D eigenvalue weighted by atomic mass is 10.3. The monoisotopic (exact) mass is 187 g/mol. The molecule has 0 unspecified atom stereocenters. The maximum Gasteiger partial charge on any atom is 0.252 e. The molecule has 0 bridgehead atoms. The summed E-state index contributed by atoms with van der Waals surface area (Å²) in [6, 6.07) is 7.66. The van der Waals surface area contributed by atoms with Crippen molar-refractivity contribution in [1.29, 1.82) is 5.26 Å². The van der Waals surface area contributed by atoms with E-state index in [0.717, 1.165) is 5.52 Å². The van der Waals surface area contributed by atoms with Gasteiger partial charge in [0.25, 0.3) is 5.88 Å². The lowest BCUT2D eigenvalue weighted by Crippen LogP contribution is -1.93. The Bertz CT molecular complexity index is 496. The lowest BCUT2D eigenvalue weighted by molar-refractivity contribution is 0.324. The molecule has 2 aromatic heterocycles. The molecular formula is C10H9N3O. The molecule has 0 saturated carbocycles. The van der Waals surface area contributed by atoms with Crippen LogP contribution >= 0.6 is 0 Å². The molecule has 0 fully saturated rings. The summed E-state index contributed by atoms with van der Waals surface area (Å²) in [6.45, 7) is 2.38. The molecule has 0 atom stereocenters. The van der Waals surface area contributed by atoms with Crippen LogP contribution in [0.1, 0.15) is 12.5 Å². The minimum atomic E-state index is 0.404. The van der Waals surface area contributed by atoms with Crippen molar-refractivity contribution in [1.82, 2.24) is 9.61 Å². The Labute approximate surface area is 81.3 Å². The maximum absolute atomic E-state index is 8.95. The first kappa shape index (κ1) is 8.57. The van der Waals surface area contributed by atoms with E-state index < -0.39 is 0 Å². The van der Waals surface area contributed by atoms with Crippen molar-refractivity contribution in [2.45, 2.75) is 6.92 Å². The Hall–Kier alpha value is -2.02. The molecule has 0 aromatic carbocycles. The maximum atomic E-state index is 8.95. The van der Waals surface area contributed by atoms with E-state index in [0.29, 0.717) is 18.1 Å². The molecule has 4 heteroatoms. The summed E-state index contributed by atoms with van der Waals surface area (Å²) in [5, 5.41) is 13.1. The average molecular weight is 187 g/mol. The second kappa shape index (κ2) is 3.38. The smallest absolute Gasteiger partial charge is 0.252 e. The average Bonchev–Trinajstić information content (AvgIpc) is 2.55. The van der Waals surface area contributed by atoms with Crippen LogP contribution in [0.3, 0.4) is 0 Å². The van der Waals surface area contributed by atoms with Crippen LogP contribution in [-0.4, -0.2) is 16.2 Å². The molecule has 2 heterocycles. The van der Waals surface area contributed by atoms with E-state index >= 15 is 0 Å². The molecule has 0 amide bonds. The Morgan fingerprint density at radius 1 is 1.57 bits per heavy atom. The summed E-state index contributed by atoms with van der Waals surface area (Å²) in [7, 11) is 0. The van der Waals surface area contributed by atoms with Crippen LogP contribution in [0.4, 0.5) is 0 Å². The Morgan fingerprint density at radius 2 is 2.43 bits per heavy atom. The highest BCUT2D eigenvalue weighted by Gasteiger charge is 2.11. The van der Waals surface area contributed by atoms with E-state index in [1.54, 1.807) is 10.7 Å². The van der Waals surface area contributed by atoms with Crippen LogP contribution in [0.15, 0.2) is 24.4 Å². The predicted octanol–water partition coefficient (Wildman–Crippen LogP) is 1.60. The summed E-state index contributed by atoms with van der Waals surface area (Å²) in [5.74, 6) is 0.404. The predicted molar refractivity (Wildman–Crippen MR) is 51.1 cm³/mol. The Kier molecular flexibility index (Phi) is 2.07. The van der Waals surface area contributed by atoms with Gasteiger partial charge < -0.3 is 4.74 Å². The summed E-state index contributed by atoms with van der Waals surface area (Å²) >= 11 is 0. The van der Waals surface area contributed by atoms with Gasteiger partial charge in [-0.3, -0.25) is 0 Å². The van der Waals surface area contributed by atoms with Crippen molar-refractivity contribution in [3.63, 3.8) is 0 Å². The highest BCUT2D eigenvalue weighted by atomic mass is 16.5. The van der Waals surface area contributed by atoms with Crippen molar-refractivity contribution in [3.05, 3.63) is 30.0 Å². The quantitative estimate of drug-likeness (QED) is 0.717. The van der Waals surface area contributed by atoms with E-state index in [9.17, 15) is 0 Å². The number of ether oxygens (including phenoxy) is 1. The normalized spacial score (nSPS) is 10.0. The number of hydrogen-bond donors (Lipinski definition) is 0. The summed E-state index contributed by atoms with van der Waals surface area (Å²) < 4.78 is 6.90. The Morgan fingerprint density at radius 3 is 3.14 bits per heavy atom. The zero-order chi connectivity index (χ0) is 9.97.